The van der Waals surface area contributed by atoms with Gasteiger partial charge in [-0.1, -0.05) is 23.2 Å². The van der Waals surface area contributed by atoms with Gasteiger partial charge in [0.1, 0.15) is 0 Å². The summed E-state index contributed by atoms with van der Waals surface area (Å²) in [6.07, 6.45) is 7.25. The Morgan fingerprint density at radius 3 is 2.70 bits per heavy atom. The van der Waals surface area contributed by atoms with Crippen LogP contribution in [-0.2, 0) is 16.0 Å². The van der Waals surface area contributed by atoms with Crippen molar-refractivity contribution in [3.8, 4) is 0 Å². The number of thiophene rings is 1. The highest BCUT2D eigenvalue weighted by Crippen LogP contribution is 2.32. The van der Waals surface area contributed by atoms with Crippen molar-refractivity contribution in [2.24, 2.45) is 5.92 Å². The lowest BCUT2D eigenvalue weighted by Gasteiger charge is -2.34. The van der Waals surface area contributed by atoms with E-state index >= 15 is 0 Å². The molecule has 0 aromatic carbocycles. The topological polar surface area (TPSA) is 29.5 Å². The van der Waals surface area contributed by atoms with Gasteiger partial charge in [0.25, 0.3) is 0 Å². The molecule has 0 aliphatic carbocycles. The first-order valence-electron chi connectivity index (χ1n) is 8.46. The summed E-state index contributed by atoms with van der Waals surface area (Å²) in [5.41, 5.74) is 1.06. The predicted molar refractivity (Wildman–Crippen MR) is 95.6 cm³/mol. The van der Waals surface area contributed by atoms with Crippen molar-refractivity contribution in [2.75, 3.05) is 19.7 Å². The Morgan fingerprint density at radius 2 is 2.09 bits per heavy atom. The van der Waals surface area contributed by atoms with Gasteiger partial charge in [0.2, 0.25) is 5.91 Å². The number of carbonyl (C=O) groups excluding carboxylic acids is 1. The molecule has 2 saturated heterocycles. The zero-order chi connectivity index (χ0) is 16.2. The Balaban J connectivity index is 1.38. The van der Waals surface area contributed by atoms with Crippen LogP contribution in [-0.4, -0.2) is 36.6 Å². The summed E-state index contributed by atoms with van der Waals surface area (Å²) in [4.78, 5) is 14.4. The van der Waals surface area contributed by atoms with Crippen molar-refractivity contribution >= 4 is 40.4 Å². The standard InChI is InChI=1S/C17H23Cl2NO2S/c18-15-11-13(17(19)23-15)3-1-5-16(21)20-8-6-12(7-9-20)14-4-2-10-22-14/h11-12,14H,1-10H2/t14-/m0/s1. The molecule has 1 aromatic heterocycles. The molecule has 1 atom stereocenters. The van der Waals surface area contributed by atoms with E-state index in [1.807, 2.05) is 11.0 Å². The van der Waals surface area contributed by atoms with Crippen LogP contribution in [0.5, 0.6) is 0 Å². The number of hydrogen-bond acceptors (Lipinski definition) is 3. The average Bonchev–Trinajstić information content (AvgIpc) is 3.18. The highest BCUT2D eigenvalue weighted by atomic mass is 35.5. The van der Waals surface area contributed by atoms with Crippen LogP contribution in [0.2, 0.25) is 8.67 Å². The zero-order valence-electron chi connectivity index (χ0n) is 13.2. The molecular weight excluding hydrogens is 353 g/mol. The van der Waals surface area contributed by atoms with Gasteiger partial charge in [-0.2, -0.15) is 0 Å². The van der Waals surface area contributed by atoms with Gasteiger partial charge in [0.05, 0.1) is 14.8 Å². The summed E-state index contributed by atoms with van der Waals surface area (Å²) in [5, 5.41) is 0. The molecule has 0 spiro atoms. The zero-order valence-corrected chi connectivity index (χ0v) is 15.6. The highest BCUT2D eigenvalue weighted by molar-refractivity contribution is 7.20. The molecule has 0 N–H and O–H groups in total. The summed E-state index contributed by atoms with van der Waals surface area (Å²) in [7, 11) is 0. The van der Waals surface area contributed by atoms with Gasteiger partial charge < -0.3 is 9.64 Å². The molecule has 0 bridgehead atoms. The second kappa shape index (κ2) is 8.19. The molecule has 2 fully saturated rings. The molecule has 0 radical (unpaired) electrons. The second-order valence-electron chi connectivity index (χ2n) is 6.47. The maximum Gasteiger partial charge on any atom is 0.222 e. The molecule has 3 nitrogen and oxygen atoms in total. The fourth-order valence-corrected chi connectivity index (χ4v) is 5.17. The van der Waals surface area contributed by atoms with E-state index in [9.17, 15) is 4.79 Å². The van der Waals surface area contributed by atoms with Crippen LogP contribution in [0.3, 0.4) is 0 Å². The quantitative estimate of drug-likeness (QED) is 0.739. The van der Waals surface area contributed by atoms with E-state index in [4.69, 9.17) is 27.9 Å². The van der Waals surface area contributed by atoms with Gasteiger partial charge in [-0.25, -0.2) is 0 Å². The van der Waals surface area contributed by atoms with Crippen molar-refractivity contribution < 1.29 is 9.53 Å². The van der Waals surface area contributed by atoms with E-state index in [0.29, 0.717) is 22.8 Å². The summed E-state index contributed by atoms with van der Waals surface area (Å²) in [5.74, 6) is 0.918. The lowest BCUT2D eigenvalue weighted by Crippen LogP contribution is -2.41. The minimum absolute atomic E-state index is 0.272. The largest absolute Gasteiger partial charge is 0.378 e. The van der Waals surface area contributed by atoms with Crippen molar-refractivity contribution in [3.63, 3.8) is 0 Å². The summed E-state index contributed by atoms with van der Waals surface area (Å²) in [6.45, 7) is 2.68. The van der Waals surface area contributed by atoms with Crippen molar-refractivity contribution in [2.45, 2.75) is 51.0 Å². The SMILES string of the molecule is O=C(CCCc1cc(Cl)sc1Cl)N1CCC([C@@H]2CCCO2)CC1. The van der Waals surface area contributed by atoms with Crippen LogP contribution in [0.15, 0.2) is 6.07 Å². The number of rotatable bonds is 5. The Morgan fingerprint density at radius 1 is 1.30 bits per heavy atom. The number of halogens is 2. The molecule has 0 unspecified atom stereocenters. The third-order valence-corrected chi connectivity index (χ3v) is 6.52. The molecule has 6 heteroatoms. The second-order valence-corrected chi connectivity index (χ2v) is 8.76. The normalized spacial score (nSPS) is 22.7. The van der Waals surface area contributed by atoms with Gasteiger partial charge in [0.15, 0.2) is 0 Å². The van der Waals surface area contributed by atoms with Crippen LogP contribution in [0.25, 0.3) is 0 Å². The number of likely N-dealkylation sites (tertiary alicyclic amines) is 1. The molecule has 128 valence electrons. The minimum atomic E-state index is 0.272. The van der Waals surface area contributed by atoms with Crippen molar-refractivity contribution in [3.05, 3.63) is 20.3 Å². The maximum absolute atomic E-state index is 12.3. The first kappa shape index (κ1) is 17.5. The van der Waals surface area contributed by atoms with Crippen molar-refractivity contribution in [1.29, 1.82) is 0 Å². The van der Waals surface area contributed by atoms with Crippen LogP contribution >= 0.6 is 34.5 Å². The molecular formula is C17H23Cl2NO2S. The van der Waals surface area contributed by atoms with E-state index in [1.165, 1.54) is 24.2 Å². The molecule has 1 aromatic rings. The molecule has 0 saturated carbocycles. The monoisotopic (exact) mass is 375 g/mol. The van der Waals surface area contributed by atoms with Crippen LogP contribution in [0.1, 0.15) is 44.1 Å². The van der Waals surface area contributed by atoms with Gasteiger partial charge in [-0.3, -0.25) is 4.79 Å². The smallest absolute Gasteiger partial charge is 0.222 e. The number of carbonyl (C=O) groups is 1. The number of amides is 1. The predicted octanol–water partition coefficient (Wildman–Crippen LogP) is 4.80. The maximum atomic E-state index is 12.3. The van der Waals surface area contributed by atoms with Crippen LogP contribution in [0.4, 0.5) is 0 Å². The number of nitrogens with zero attached hydrogens (tertiary/aromatic N) is 1. The molecule has 1 amide bonds. The Kier molecular flexibility index (Phi) is 6.25. The Labute approximate surface area is 151 Å². The fourth-order valence-electron chi connectivity index (χ4n) is 3.63. The van der Waals surface area contributed by atoms with Crippen LogP contribution < -0.4 is 0 Å². The van der Waals surface area contributed by atoms with Crippen LogP contribution in [0, 0.1) is 5.92 Å². The van der Waals surface area contributed by atoms with E-state index in [1.54, 1.807) is 0 Å². The van der Waals surface area contributed by atoms with E-state index in [-0.39, 0.29) is 5.91 Å². The van der Waals surface area contributed by atoms with Crippen molar-refractivity contribution in [1.82, 2.24) is 4.90 Å². The number of aryl methyl sites for hydroxylation is 1. The third-order valence-electron chi connectivity index (χ3n) is 4.95. The Hall–Kier alpha value is -0.290. The molecule has 2 aliphatic rings. The molecule has 2 aliphatic heterocycles. The van der Waals surface area contributed by atoms with Gasteiger partial charge in [-0.15, -0.1) is 11.3 Å². The first-order chi connectivity index (χ1) is 11.1. The first-order valence-corrected chi connectivity index (χ1v) is 10.0. The molecule has 3 rings (SSSR count). The number of piperidine rings is 1. The highest BCUT2D eigenvalue weighted by Gasteiger charge is 2.30. The average molecular weight is 376 g/mol. The van der Waals surface area contributed by atoms with E-state index < -0.39 is 0 Å². The molecule has 3 heterocycles. The minimum Gasteiger partial charge on any atom is -0.378 e. The summed E-state index contributed by atoms with van der Waals surface area (Å²) >= 11 is 13.5. The lowest BCUT2D eigenvalue weighted by atomic mass is 9.89. The summed E-state index contributed by atoms with van der Waals surface area (Å²) < 4.78 is 7.25. The number of ether oxygens (including phenoxy) is 1. The van der Waals surface area contributed by atoms with Gasteiger partial charge in [0, 0.05) is 26.1 Å². The van der Waals surface area contributed by atoms with Gasteiger partial charge >= 0.3 is 0 Å². The van der Waals surface area contributed by atoms with E-state index in [2.05, 4.69) is 0 Å². The lowest BCUT2D eigenvalue weighted by molar-refractivity contribution is -0.133. The van der Waals surface area contributed by atoms with E-state index in [0.717, 1.165) is 55.3 Å². The summed E-state index contributed by atoms with van der Waals surface area (Å²) in [6, 6.07) is 1.91. The molecule has 23 heavy (non-hydrogen) atoms. The number of hydrogen-bond donors (Lipinski definition) is 0. The Bertz CT molecular complexity index is 535. The third kappa shape index (κ3) is 4.62. The fraction of sp³-hybridized carbons (Fsp3) is 0.706. The van der Waals surface area contributed by atoms with Gasteiger partial charge in [-0.05, 0) is 56.1 Å².